The molecule has 152 valence electrons. The highest BCUT2D eigenvalue weighted by atomic mass is 35.5. The SMILES string of the molecule is Fc1ccc(N2CCCn3nc(Cc4ccc(-n5cnc(Cl)c5)c(F)c4)nc32)cc1. The molecule has 3 heterocycles. The Kier molecular flexibility index (Phi) is 4.71. The molecule has 9 heteroatoms. The molecule has 4 aromatic rings. The van der Waals surface area contributed by atoms with Crippen molar-refractivity contribution in [1.82, 2.24) is 24.3 Å². The fourth-order valence-electron chi connectivity index (χ4n) is 3.63. The van der Waals surface area contributed by atoms with Crippen LogP contribution in [-0.4, -0.2) is 30.9 Å². The minimum atomic E-state index is -0.376. The van der Waals surface area contributed by atoms with Gasteiger partial charge < -0.3 is 9.47 Å². The van der Waals surface area contributed by atoms with Crippen molar-refractivity contribution in [3.8, 4) is 5.69 Å². The van der Waals surface area contributed by atoms with Crippen LogP contribution in [0, 0.1) is 11.6 Å². The summed E-state index contributed by atoms with van der Waals surface area (Å²) in [4.78, 5) is 10.6. The Morgan fingerprint density at radius 1 is 1.03 bits per heavy atom. The predicted octanol–water partition coefficient (Wildman–Crippen LogP) is 4.53. The minimum Gasteiger partial charge on any atom is -0.311 e. The van der Waals surface area contributed by atoms with E-state index in [0.717, 1.165) is 30.8 Å². The molecule has 1 aliphatic heterocycles. The van der Waals surface area contributed by atoms with Crippen LogP contribution in [0.1, 0.15) is 17.8 Å². The summed E-state index contributed by atoms with van der Waals surface area (Å²) >= 11 is 5.82. The van der Waals surface area contributed by atoms with Crippen LogP contribution in [0.2, 0.25) is 5.15 Å². The van der Waals surface area contributed by atoms with Crippen LogP contribution in [0.3, 0.4) is 0 Å². The number of benzene rings is 2. The van der Waals surface area contributed by atoms with Crippen LogP contribution in [0.5, 0.6) is 0 Å². The van der Waals surface area contributed by atoms with Crippen molar-refractivity contribution in [2.24, 2.45) is 0 Å². The van der Waals surface area contributed by atoms with E-state index in [9.17, 15) is 8.78 Å². The topological polar surface area (TPSA) is 51.8 Å². The Balaban J connectivity index is 1.40. The third kappa shape index (κ3) is 3.54. The molecule has 0 saturated carbocycles. The van der Waals surface area contributed by atoms with Crippen molar-refractivity contribution >= 4 is 23.2 Å². The largest absolute Gasteiger partial charge is 0.311 e. The van der Waals surface area contributed by atoms with Gasteiger partial charge in [0.15, 0.2) is 5.82 Å². The number of imidazole rings is 1. The molecule has 5 rings (SSSR count). The highest BCUT2D eigenvalue weighted by molar-refractivity contribution is 6.29. The van der Waals surface area contributed by atoms with Gasteiger partial charge in [0.25, 0.3) is 0 Å². The van der Waals surface area contributed by atoms with Crippen molar-refractivity contribution in [2.75, 3.05) is 11.4 Å². The standard InChI is InChI=1S/C21H17ClF2N6/c22-19-12-28(13-25-19)18-7-2-14(10-17(18)24)11-20-26-21-29(8-1-9-30(21)27-20)16-5-3-15(23)4-6-16/h2-7,10,12-13H,1,8-9,11H2. The number of nitrogens with zero attached hydrogens (tertiary/aromatic N) is 6. The first-order valence-corrected chi connectivity index (χ1v) is 9.90. The predicted molar refractivity (Wildman–Crippen MR) is 109 cm³/mol. The second kappa shape index (κ2) is 7.53. The number of hydrogen-bond donors (Lipinski definition) is 0. The van der Waals surface area contributed by atoms with Gasteiger partial charge in [0.1, 0.15) is 23.1 Å². The van der Waals surface area contributed by atoms with Crippen molar-refractivity contribution in [2.45, 2.75) is 19.4 Å². The third-order valence-corrected chi connectivity index (χ3v) is 5.23. The summed E-state index contributed by atoms with van der Waals surface area (Å²) in [6, 6.07) is 11.3. The summed E-state index contributed by atoms with van der Waals surface area (Å²) in [5, 5.41) is 4.89. The van der Waals surface area contributed by atoms with E-state index >= 15 is 0 Å². The number of rotatable bonds is 4. The van der Waals surface area contributed by atoms with Crippen LogP contribution in [0.4, 0.5) is 20.4 Å². The molecule has 0 amide bonds. The van der Waals surface area contributed by atoms with Crippen LogP contribution in [0.15, 0.2) is 55.0 Å². The van der Waals surface area contributed by atoms with Crippen LogP contribution in [0.25, 0.3) is 5.69 Å². The first-order chi connectivity index (χ1) is 14.6. The van der Waals surface area contributed by atoms with E-state index in [1.807, 2.05) is 15.6 Å². The zero-order valence-electron chi connectivity index (χ0n) is 15.8. The summed E-state index contributed by atoms with van der Waals surface area (Å²) in [6.07, 6.45) is 4.33. The molecule has 0 saturated heterocycles. The van der Waals surface area contributed by atoms with Crippen LogP contribution in [-0.2, 0) is 13.0 Å². The Bertz CT molecular complexity index is 1200. The van der Waals surface area contributed by atoms with Gasteiger partial charge >= 0.3 is 0 Å². The van der Waals surface area contributed by atoms with E-state index in [4.69, 9.17) is 11.6 Å². The maximum absolute atomic E-state index is 14.6. The van der Waals surface area contributed by atoms with Gasteiger partial charge in [-0.15, -0.1) is 0 Å². The third-order valence-electron chi connectivity index (χ3n) is 5.03. The molecule has 2 aromatic carbocycles. The normalized spacial score (nSPS) is 13.5. The van der Waals surface area contributed by atoms with Gasteiger partial charge in [0.2, 0.25) is 5.95 Å². The summed E-state index contributed by atoms with van der Waals surface area (Å²) in [6.45, 7) is 1.54. The molecule has 0 N–H and O–H groups in total. The maximum atomic E-state index is 14.6. The van der Waals surface area contributed by atoms with Gasteiger partial charge in [-0.3, -0.25) is 0 Å². The number of aromatic nitrogens is 5. The zero-order valence-corrected chi connectivity index (χ0v) is 16.6. The molecule has 0 fully saturated rings. The van der Waals surface area contributed by atoms with Crippen molar-refractivity contribution in [1.29, 1.82) is 0 Å². The molecule has 1 aliphatic rings. The molecule has 0 bridgehead atoms. The molecule has 0 radical (unpaired) electrons. The molecule has 6 nitrogen and oxygen atoms in total. The summed E-state index contributed by atoms with van der Waals surface area (Å²) in [5.41, 5.74) is 2.00. The van der Waals surface area contributed by atoms with Crippen molar-refractivity contribution in [3.05, 3.63) is 83.2 Å². The number of hydrogen-bond acceptors (Lipinski definition) is 4. The second-order valence-corrected chi connectivity index (χ2v) is 7.49. The van der Waals surface area contributed by atoms with Gasteiger partial charge in [-0.05, 0) is 48.4 Å². The van der Waals surface area contributed by atoms with E-state index in [1.54, 1.807) is 24.4 Å². The lowest BCUT2D eigenvalue weighted by molar-refractivity contribution is 0.535. The van der Waals surface area contributed by atoms with Crippen LogP contribution >= 0.6 is 11.6 Å². The Morgan fingerprint density at radius 3 is 2.60 bits per heavy atom. The molecule has 0 atom stereocenters. The fourth-order valence-corrected chi connectivity index (χ4v) is 3.78. The quantitative estimate of drug-likeness (QED) is 0.481. The lowest BCUT2D eigenvalue weighted by atomic mass is 10.1. The zero-order chi connectivity index (χ0) is 20.7. The van der Waals surface area contributed by atoms with Gasteiger partial charge in [0.05, 0.1) is 5.69 Å². The minimum absolute atomic E-state index is 0.277. The average Bonchev–Trinajstić information content (AvgIpc) is 3.34. The van der Waals surface area contributed by atoms with Gasteiger partial charge in [0, 0.05) is 31.4 Å². The Morgan fingerprint density at radius 2 is 1.87 bits per heavy atom. The molecule has 2 aromatic heterocycles. The monoisotopic (exact) mass is 426 g/mol. The molecular formula is C21H17ClF2N6. The summed E-state index contributed by atoms with van der Waals surface area (Å²) in [5.74, 6) is 0.671. The first kappa shape index (κ1) is 18.7. The number of fused-ring (bicyclic) bond motifs is 1. The van der Waals surface area contributed by atoms with Crippen molar-refractivity contribution in [3.63, 3.8) is 0 Å². The van der Waals surface area contributed by atoms with E-state index in [2.05, 4.69) is 15.1 Å². The number of aryl methyl sites for hydroxylation is 1. The molecule has 0 spiro atoms. The highest BCUT2D eigenvalue weighted by Gasteiger charge is 2.22. The molecule has 0 aliphatic carbocycles. The van der Waals surface area contributed by atoms with Gasteiger partial charge in [-0.2, -0.15) is 10.1 Å². The smallest absolute Gasteiger partial charge is 0.228 e. The van der Waals surface area contributed by atoms with E-state index < -0.39 is 0 Å². The fraction of sp³-hybridized carbons (Fsp3) is 0.190. The lowest BCUT2D eigenvalue weighted by Crippen LogP contribution is -2.28. The van der Waals surface area contributed by atoms with Crippen LogP contribution < -0.4 is 4.90 Å². The average molecular weight is 427 g/mol. The summed E-state index contributed by atoms with van der Waals surface area (Å²) in [7, 11) is 0. The van der Waals surface area contributed by atoms with E-state index in [-0.39, 0.29) is 11.6 Å². The number of halogens is 3. The second-order valence-electron chi connectivity index (χ2n) is 7.10. The van der Waals surface area contributed by atoms with E-state index in [0.29, 0.717) is 29.0 Å². The van der Waals surface area contributed by atoms with Crippen molar-refractivity contribution < 1.29 is 8.78 Å². The Labute approximate surface area is 176 Å². The maximum Gasteiger partial charge on any atom is 0.228 e. The van der Waals surface area contributed by atoms with Gasteiger partial charge in [-0.1, -0.05) is 17.7 Å². The highest BCUT2D eigenvalue weighted by Crippen LogP contribution is 2.28. The van der Waals surface area contributed by atoms with Gasteiger partial charge in [-0.25, -0.2) is 18.4 Å². The summed E-state index contributed by atoms with van der Waals surface area (Å²) < 4.78 is 31.3. The molecule has 30 heavy (non-hydrogen) atoms. The van der Waals surface area contributed by atoms with E-state index in [1.165, 1.54) is 29.1 Å². The molecular weight excluding hydrogens is 410 g/mol. The molecule has 0 unspecified atom stereocenters. The first-order valence-electron chi connectivity index (χ1n) is 9.52. The number of anilines is 2. The lowest BCUT2D eigenvalue weighted by Gasteiger charge is -2.27. The Hall–Kier alpha value is -3.26.